The minimum Gasteiger partial charge on any atom is -0.318 e. The molecule has 1 nitrogen and oxygen atoms in total. The number of hydrogen-bond acceptors (Lipinski definition) is 2. The fraction of sp³-hybridized carbons (Fsp3) is 0.556. The molecule has 0 fully saturated rings. The van der Waals surface area contributed by atoms with Crippen LogP contribution in [0, 0.1) is 0 Å². The van der Waals surface area contributed by atoms with E-state index in [9.17, 15) is 22.0 Å². The molecule has 1 aromatic heterocycles. The van der Waals surface area contributed by atoms with E-state index in [1.165, 1.54) is 12.1 Å². The van der Waals surface area contributed by atoms with E-state index < -0.39 is 18.1 Å². The summed E-state index contributed by atoms with van der Waals surface area (Å²) in [5, 5.41) is 0. The van der Waals surface area contributed by atoms with Gasteiger partial charge < -0.3 is 5.73 Å². The van der Waals surface area contributed by atoms with E-state index in [0.717, 1.165) is 16.2 Å². The van der Waals surface area contributed by atoms with Crippen LogP contribution in [0.15, 0.2) is 12.1 Å². The smallest absolute Gasteiger partial charge is 0.318 e. The molecule has 2 N–H and O–H groups in total. The minimum atomic E-state index is -5.62. The Hall–Kier alpha value is -0.690. The Morgan fingerprint density at radius 3 is 2.19 bits per heavy atom. The van der Waals surface area contributed by atoms with Crippen LogP contribution >= 0.6 is 11.3 Å². The van der Waals surface area contributed by atoms with Crippen molar-refractivity contribution in [1.82, 2.24) is 0 Å². The third-order valence-electron chi connectivity index (χ3n) is 2.11. The Morgan fingerprint density at radius 2 is 1.81 bits per heavy atom. The molecule has 16 heavy (non-hydrogen) atoms. The fourth-order valence-electron chi connectivity index (χ4n) is 1.11. The quantitative estimate of drug-likeness (QED) is 0.826. The molecule has 0 bridgehead atoms. The van der Waals surface area contributed by atoms with Crippen LogP contribution in [0.25, 0.3) is 0 Å². The predicted molar refractivity (Wildman–Crippen MR) is 51.6 cm³/mol. The Morgan fingerprint density at radius 1 is 1.25 bits per heavy atom. The maximum absolute atomic E-state index is 12.9. The molecule has 1 rings (SSSR count). The lowest BCUT2D eigenvalue weighted by Crippen LogP contribution is -2.45. The minimum absolute atomic E-state index is 0.154. The van der Waals surface area contributed by atoms with Crippen molar-refractivity contribution in [3.05, 3.63) is 21.9 Å². The molecule has 1 aromatic rings. The normalized spacial score (nSPS) is 15.2. The molecule has 0 aromatic carbocycles. The van der Waals surface area contributed by atoms with E-state index in [1.807, 2.05) is 0 Å². The molecule has 0 radical (unpaired) electrons. The Balaban J connectivity index is 2.97. The molecular formula is C9H10F5NS. The van der Waals surface area contributed by atoms with Gasteiger partial charge in [-0.1, -0.05) is 6.92 Å². The molecular weight excluding hydrogens is 249 g/mol. The molecule has 92 valence electrons. The van der Waals surface area contributed by atoms with E-state index >= 15 is 0 Å². The van der Waals surface area contributed by atoms with Gasteiger partial charge in [0.25, 0.3) is 0 Å². The van der Waals surface area contributed by atoms with Gasteiger partial charge in [0.2, 0.25) is 0 Å². The highest BCUT2D eigenvalue weighted by atomic mass is 32.1. The van der Waals surface area contributed by atoms with Crippen molar-refractivity contribution in [2.75, 3.05) is 0 Å². The van der Waals surface area contributed by atoms with Gasteiger partial charge >= 0.3 is 12.1 Å². The van der Waals surface area contributed by atoms with Gasteiger partial charge in [0.1, 0.15) is 6.04 Å². The third kappa shape index (κ3) is 2.35. The van der Waals surface area contributed by atoms with Crippen LogP contribution in [-0.4, -0.2) is 12.1 Å². The second-order valence-electron chi connectivity index (χ2n) is 3.26. The summed E-state index contributed by atoms with van der Waals surface area (Å²) in [5.74, 6) is -4.90. The predicted octanol–water partition coefficient (Wildman–Crippen LogP) is 3.51. The highest BCUT2D eigenvalue weighted by molar-refractivity contribution is 7.12. The Kier molecular flexibility index (Phi) is 3.59. The number of aryl methyl sites for hydroxylation is 1. The molecule has 0 aliphatic rings. The first kappa shape index (κ1) is 13.4. The van der Waals surface area contributed by atoms with Crippen molar-refractivity contribution < 1.29 is 22.0 Å². The summed E-state index contributed by atoms with van der Waals surface area (Å²) in [6.45, 7) is 1.78. The largest absolute Gasteiger partial charge is 0.455 e. The van der Waals surface area contributed by atoms with Gasteiger partial charge in [0.05, 0.1) is 0 Å². The highest BCUT2D eigenvalue weighted by Gasteiger charge is 2.62. The summed E-state index contributed by atoms with van der Waals surface area (Å²) >= 11 is 0.879. The van der Waals surface area contributed by atoms with Gasteiger partial charge in [-0.15, -0.1) is 11.3 Å². The highest BCUT2D eigenvalue weighted by Crippen LogP contribution is 2.44. The average molecular weight is 259 g/mol. The number of thiophene rings is 1. The van der Waals surface area contributed by atoms with Crippen LogP contribution < -0.4 is 5.73 Å². The third-order valence-corrected chi connectivity index (χ3v) is 3.42. The number of nitrogens with two attached hydrogens (primary N) is 1. The lowest BCUT2D eigenvalue weighted by atomic mass is 10.1. The van der Waals surface area contributed by atoms with Crippen LogP contribution in [0.1, 0.15) is 22.7 Å². The Bertz CT molecular complexity index is 357. The van der Waals surface area contributed by atoms with Crippen molar-refractivity contribution in [2.45, 2.75) is 31.5 Å². The number of halogens is 5. The van der Waals surface area contributed by atoms with Crippen molar-refractivity contribution in [3.63, 3.8) is 0 Å². The maximum atomic E-state index is 12.9. The van der Waals surface area contributed by atoms with Crippen molar-refractivity contribution in [1.29, 1.82) is 0 Å². The molecule has 0 saturated carbocycles. The molecule has 7 heteroatoms. The van der Waals surface area contributed by atoms with Gasteiger partial charge in [-0.2, -0.15) is 22.0 Å². The zero-order valence-corrected chi connectivity index (χ0v) is 9.13. The summed E-state index contributed by atoms with van der Waals surface area (Å²) < 4.78 is 61.9. The number of rotatable bonds is 3. The lowest BCUT2D eigenvalue weighted by molar-refractivity contribution is -0.290. The molecule has 1 heterocycles. The van der Waals surface area contributed by atoms with E-state index in [4.69, 9.17) is 5.73 Å². The van der Waals surface area contributed by atoms with E-state index in [0.29, 0.717) is 6.42 Å². The van der Waals surface area contributed by atoms with Crippen LogP contribution in [0.5, 0.6) is 0 Å². The summed E-state index contributed by atoms with van der Waals surface area (Å²) in [7, 11) is 0. The second-order valence-corrected chi connectivity index (χ2v) is 4.46. The second kappa shape index (κ2) is 4.29. The fourth-order valence-corrected chi connectivity index (χ4v) is 2.10. The lowest BCUT2D eigenvalue weighted by Gasteiger charge is -2.24. The molecule has 0 amide bonds. The summed E-state index contributed by atoms with van der Waals surface area (Å²) in [5.41, 5.74) is 4.97. The van der Waals surface area contributed by atoms with Gasteiger partial charge in [0.15, 0.2) is 0 Å². The zero-order valence-electron chi connectivity index (χ0n) is 8.31. The molecule has 1 atom stereocenters. The zero-order chi connectivity index (χ0) is 12.6. The first-order valence-corrected chi connectivity index (χ1v) is 5.30. The van der Waals surface area contributed by atoms with Crippen molar-refractivity contribution in [3.8, 4) is 0 Å². The molecule has 0 aliphatic carbocycles. The van der Waals surface area contributed by atoms with E-state index in [2.05, 4.69) is 0 Å². The number of hydrogen-bond donors (Lipinski definition) is 1. The van der Waals surface area contributed by atoms with Gasteiger partial charge in [-0.25, -0.2) is 0 Å². The molecule has 0 spiro atoms. The molecule has 0 unspecified atom stereocenters. The van der Waals surface area contributed by atoms with Gasteiger partial charge in [-0.3, -0.25) is 0 Å². The van der Waals surface area contributed by atoms with Gasteiger partial charge in [-0.05, 0) is 18.6 Å². The van der Waals surface area contributed by atoms with Crippen molar-refractivity contribution >= 4 is 11.3 Å². The average Bonchev–Trinajstić information content (AvgIpc) is 2.62. The Labute approximate surface area is 93.1 Å². The first-order chi connectivity index (χ1) is 7.20. The van der Waals surface area contributed by atoms with Crippen LogP contribution in [-0.2, 0) is 6.42 Å². The summed E-state index contributed by atoms with van der Waals surface area (Å²) in [4.78, 5) is 0.572. The topological polar surface area (TPSA) is 26.0 Å². The van der Waals surface area contributed by atoms with Crippen molar-refractivity contribution in [2.24, 2.45) is 5.73 Å². The van der Waals surface area contributed by atoms with E-state index in [-0.39, 0.29) is 4.88 Å². The molecule has 0 saturated heterocycles. The first-order valence-electron chi connectivity index (χ1n) is 4.49. The SMILES string of the molecule is CCc1ccc([C@@H](N)C(F)(F)C(F)(F)F)s1. The number of alkyl halides is 5. The van der Waals surface area contributed by atoms with Gasteiger partial charge in [0, 0.05) is 9.75 Å². The maximum Gasteiger partial charge on any atom is 0.455 e. The van der Waals surface area contributed by atoms with E-state index in [1.54, 1.807) is 6.92 Å². The monoisotopic (exact) mass is 259 g/mol. The van der Waals surface area contributed by atoms with Crippen LogP contribution in [0.3, 0.4) is 0 Å². The molecule has 0 aliphatic heterocycles. The standard InChI is InChI=1S/C9H10F5NS/c1-2-5-3-4-6(16-5)7(15)8(10,11)9(12,13)14/h3-4,7H,2,15H2,1H3/t7-/m1/s1. The summed E-state index contributed by atoms with van der Waals surface area (Å²) in [6.07, 6.45) is -5.04. The van der Waals surface area contributed by atoms with Crippen LogP contribution in [0.2, 0.25) is 0 Å². The summed E-state index contributed by atoms with van der Waals surface area (Å²) in [6, 6.07) is 0.387. The van der Waals surface area contributed by atoms with Crippen LogP contribution in [0.4, 0.5) is 22.0 Å².